The number of hydrogen-bond donors (Lipinski definition) is 0. The smallest absolute Gasteiger partial charge is 0.302 e. The first-order chi connectivity index (χ1) is 7.75. The van der Waals surface area contributed by atoms with Crippen molar-refractivity contribution in [1.82, 2.24) is 0 Å². The average molecular weight is 260 g/mol. The normalized spacial score (nSPS) is 30.8. The van der Waals surface area contributed by atoms with Gasteiger partial charge in [0.2, 0.25) is 0 Å². The lowest BCUT2D eigenvalue weighted by Crippen LogP contribution is -2.18. The summed E-state index contributed by atoms with van der Waals surface area (Å²) < 4.78 is 5.98. The van der Waals surface area contributed by atoms with Gasteiger partial charge in [-0.3, -0.25) is 4.79 Å². The molecule has 1 aliphatic heterocycles. The summed E-state index contributed by atoms with van der Waals surface area (Å²) >= 11 is 4.22. The Bertz CT molecular complexity index is 239. The lowest BCUT2D eigenvalue weighted by atomic mass is 9.94. The number of rotatable bonds is 4. The molecule has 0 radical (unpaired) electrons. The van der Waals surface area contributed by atoms with Crippen LogP contribution in [0.3, 0.4) is 0 Å². The van der Waals surface area contributed by atoms with E-state index >= 15 is 0 Å². The van der Waals surface area contributed by atoms with Crippen LogP contribution < -0.4 is 0 Å². The molecule has 2 rings (SSSR count). The van der Waals surface area contributed by atoms with Crippen molar-refractivity contribution >= 4 is 29.5 Å². The minimum absolute atomic E-state index is 0.129. The highest BCUT2D eigenvalue weighted by molar-refractivity contribution is 8.20. The minimum Gasteiger partial charge on any atom is -0.466 e. The summed E-state index contributed by atoms with van der Waals surface area (Å²) in [6, 6.07) is 0. The molecule has 92 valence electrons. The number of carbonyl (C=O) groups excluding carboxylic acids is 1. The van der Waals surface area contributed by atoms with Gasteiger partial charge in [-0.15, -0.1) is 23.5 Å². The van der Waals surface area contributed by atoms with E-state index in [1.165, 1.54) is 44.1 Å². The predicted molar refractivity (Wildman–Crippen MR) is 70.8 cm³/mol. The van der Waals surface area contributed by atoms with Crippen LogP contribution in [-0.4, -0.2) is 28.7 Å². The lowest BCUT2D eigenvalue weighted by molar-refractivity contribution is -0.142. The number of carbonyl (C=O) groups is 1. The molecular formula is C12H20O2S2. The predicted octanol–water partition coefficient (Wildman–Crippen LogP) is 3.16. The van der Waals surface area contributed by atoms with Crippen LogP contribution in [0.1, 0.15) is 32.6 Å². The maximum absolute atomic E-state index is 10.8. The second-order valence-corrected chi connectivity index (χ2v) is 7.58. The summed E-state index contributed by atoms with van der Waals surface area (Å²) in [7, 11) is 0. The fourth-order valence-electron chi connectivity index (χ4n) is 2.66. The minimum atomic E-state index is -0.129. The molecule has 0 aromatic heterocycles. The topological polar surface area (TPSA) is 26.3 Å². The van der Waals surface area contributed by atoms with Gasteiger partial charge in [0.15, 0.2) is 0 Å². The maximum Gasteiger partial charge on any atom is 0.302 e. The second kappa shape index (κ2) is 6.20. The van der Waals surface area contributed by atoms with Crippen LogP contribution in [0.5, 0.6) is 0 Å². The molecule has 2 nitrogen and oxygen atoms in total. The highest BCUT2D eigenvalue weighted by Crippen LogP contribution is 2.42. The molecule has 0 unspecified atom stereocenters. The molecule has 0 bridgehead atoms. The van der Waals surface area contributed by atoms with Crippen LogP contribution in [0.25, 0.3) is 0 Å². The molecular weight excluding hydrogens is 240 g/mol. The van der Waals surface area contributed by atoms with E-state index in [0.717, 1.165) is 10.5 Å². The van der Waals surface area contributed by atoms with Crippen LogP contribution in [-0.2, 0) is 9.53 Å². The molecule has 1 aliphatic carbocycles. The summed E-state index contributed by atoms with van der Waals surface area (Å²) in [6.07, 6.45) is 5.23. The van der Waals surface area contributed by atoms with Gasteiger partial charge in [-0.25, -0.2) is 0 Å². The zero-order chi connectivity index (χ0) is 11.4. The fourth-order valence-corrected chi connectivity index (χ4v) is 5.68. The van der Waals surface area contributed by atoms with Gasteiger partial charge < -0.3 is 4.74 Å². The Morgan fingerprint density at radius 3 is 2.62 bits per heavy atom. The van der Waals surface area contributed by atoms with Gasteiger partial charge in [-0.1, -0.05) is 6.42 Å². The Morgan fingerprint density at radius 2 is 1.94 bits per heavy atom. The summed E-state index contributed by atoms with van der Waals surface area (Å²) in [6.45, 7) is 2.16. The van der Waals surface area contributed by atoms with E-state index in [0.29, 0.717) is 12.5 Å². The molecule has 1 saturated heterocycles. The number of thioether (sulfide) groups is 2. The summed E-state index contributed by atoms with van der Waals surface area (Å²) in [5.41, 5.74) is 0. The van der Waals surface area contributed by atoms with E-state index in [4.69, 9.17) is 4.74 Å². The van der Waals surface area contributed by atoms with E-state index in [-0.39, 0.29) is 5.97 Å². The third-order valence-electron chi connectivity index (χ3n) is 3.50. The zero-order valence-electron chi connectivity index (χ0n) is 9.81. The van der Waals surface area contributed by atoms with Crippen LogP contribution in [0.15, 0.2) is 0 Å². The van der Waals surface area contributed by atoms with Gasteiger partial charge in [0.05, 0.1) is 11.2 Å². The van der Waals surface area contributed by atoms with Crippen molar-refractivity contribution in [2.45, 2.75) is 37.2 Å². The van der Waals surface area contributed by atoms with Gasteiger partial charge in [-0.05, 0) is 31.1 Å². The monoisotopic (exact) mass is 260 g/mol. The molecule has 0 N–H and O–H groups in total. The average Bonchev–Trinajstić information content (AvgIpc) is 2.87. The molecule has 0 aromatic carbocycles. The third-order valence-corrected chi connectivity index (χ3v) is 6.59. The fraction of sp³-hybridized carbons (Fsp3) is 0.917. The molecule has 1 saturated carbocycles. The van der Waals surface area contributed by atoms with Crippen molar-refractivity contribution in [1.29, 1.82) is 0 Å². The Balaban J connectivity index is 1.75. The van der Waals surface area contributed by atoms with Crippen LogP contribution >= 0.6 is 23.5 Å². The van der Waals surface area contributed by atoms with Crippen molar-refractivity contribution in [2.75, 3.05) is 18.1 Å². The Kier molecular flexibility index (Phi) is 4.89. The molecule has 2 atom stereocenters. The zero-order valence-corrected chi connectivity index (χ0v) is 11.4. The molecule has 1 heterocycles. The highest BCUT2D eigenvalue weighted by Gasteiger charge is 2.31. The van der Waals surface area contributed by atoms with E-state index in [9.17, 15) is 4.79 Å². The first-order valence-electron chi connectivity index (χ1n) is 6.12. The number of ether oxygens (including phenoxy) is 1. The van der Waals surface area contributed by atoms with Gasteiger partial charge in [0, 0.05) is 18.4 Å². The second-order valence-electron chi connectivity index (χ2n) is 4.66. The van der Waals surface area contributed by atoms with Crippen LogP contribution in [0.2, 0.25) is 0 Å². The van der Waals surface area contributed by atoms with Gasteiger partial charge in [0.25, 0.3) is 0 Å². The van der Waals surface area contributed by atoms with Crippen molar-refractivity contribution in [3.8, 4) is 0 Å². The molecule has 0 amide bonds. The molecule has 2 fully saturated rings. The Morgan fingerprint density at radius 1 is 1.25 bits per heavy atom. The van der Waals surface area contributed by atoms with Crippen molar-refractivity contribution in [3.63, 3.8) is 0 Å². The van der Waals surface area contributed by atoms with E-state index in [1.807, 2.05) is 0 Å². The molecule has 0 spiro atoms. The molecule has 0 aromatic rings. The number of hydrogen-bond acceptors (Lipinski definition) is 4. The van der Waals surface area contributed by atoms with Crippen LogP contribution in [0, 0.1) is 11.8 Å². The van der Waals surface area contributed by atoms with E-state index in [1.54, 1.807) is 0 Å². The summed E-state index contributed by atoms with van der Waals surface area (Å²) in [5.74, 6) is 3.93. The molecule has 2 aliphatic rings. The first-order valence-corrected chi connectivity index (χ1v) is 8.22. The highest BCUT2D eigenvalue weighted by atomic mass is 32.2. The van der Waals surface area contributed by atoms with Crippen LogP contribution in [0.4, 0.5) is 0 Å². The largest absolute Gasteiger partial charge is 0.466 e. The standard InChI is InChI=1S/C12H20O2S2/c1-9(13)14-8-11-4-2-3-10(11)7-12-15-5-6-16-12/h10-12H,2-8H2,1H3/t10-,11+/m1/s1. The number of esters is 1. The van der Waals surface area contributed by atoms with Gasteiger partial charge in [-0.2, -0.15) is 0 Å². The summed E-state index contributed by atoms with van der Waals surface area (Å²) in [5, 5.41) is 0. The molecule has 16 heavy (non-hydrogen) atoms. The van der Waals surface area contributed by atoms with Crippen molar-refractivity contribution in [2.24, 2.45) is 11.8 Å². The third kappa shape index (κ3) is 3.59. The van der Waals surface area contributed by atoms with E-state index in [2.05, 4.69) is 23.5 Å². The van der Waals surface area contributed by atoms with Crippen molar-refractivity contribution < 1.29 is 9.53 Å². The lowest BCUT2D eigenvalue weighted by Gasteiger charge is -2.21. The summed E-state index contributed by atoms with van der Waals surface area (Å²) in [4.78, 5) is 10.8. The van der Waals surface area contributed by atoms with Gasteiger partial charge >= 0.3 is 5.97 Å². The Hall–Kier alpha value is 0.170. The Labute approximate surface area is 106 Å². The first kappa shape index (κ1) is 12.6. The van der Waals surface area contributed by atoms with E-state index < -0.39 is 0 Å². The maximum atomic E-state index is 10.8. The molecule has 4 heteroatoms. The quantitative estimate of drug-likeness (QED) is 0.725. The SMILES string of the molecule is CC(=O)OC[C@@H]1CCC[C@@H]1CC1SCCS1. The van der Waals surface area contributed by atoms with Gasteiger partial charge in [0.1, 0.15) is 0 Å². The van der Waals surface area contributed by atoms with Crippen molar-refractivity contribution in [3.05, 3.63) is 0 Å².